The number of nitrogens with one attached hydrogen (secondary N) is 3. The monoisotopic (exact) mass is 304 g/mol. The Labute approximate surface area is 131 Å². The number of anilines is 2. The Morgan fingerprint density at radius 3 is 2.68 bits per heavy atom. The van der Waals surface area contributed by atoms with Gasteiger partial charge in [0, 0.05) is 30.9 Å². The lowest BCUT2D eigenvalue weighted by Gasteiger charge is -2.31. The van der Waals surface area contributed by atoms with E-state index in [9.17, 15) is 9.59 Å². The number of piperidine rings is 1. The maximum atomic E-state index is 12.1. The standard InChI is InChI=1S/C16H24N4O2/c1-12(21)18-13-5-3-6-14(9-13)19-16(22)11-20-8-4-7-15(10-20)17-2/h3,5-6,9,15,17H,4,7-8,10-11H2,1-2H3,(H,18,21)(H,19,22). The molecule has 120 valence electrons. The molecule has 2 amide bonds. The molecule has 0 aliphatic carbocycles. The molecule has 3 N–H and O–H groups in total. The first kappa shape index (κ1) is 16.5. The maximum absolute atomic E-state index is 12.1. The van der Waals surface area contributed by atoms with Gasteiger partial charge >= 0.3 is 0 Å². The summed E-state index contributed by atoms with van der Waals surface area (Å²) >= 11 is 0. The number of hydrogen-bond donors (Lipinski definition) is 3. The molecule has 1 heterocycles. The van der Waals surface area contributed by atoms with Gasteiger partial charge in [-0.1, -0.05) is 6.07 Å². The van der Waals surface area contributed by atoms with Crippen LogP contribution < -0.4 is 16.0 Å². The van der Waals surface area contributed by atoms with Crippen LogP contribution in [0.25, 0.3) is 0 Å². The fraction of sp³-hybridized carbons (Fsp3) is 0.500. The average molecular weight is 304 g/mol. The van der Waals surface area contributed by atoms with Crippen molar-refractivity contribution in [3.05, 3.63) is 24.3 Å². The molecule has 1 aromatic rings. The van der Waals surface area contributed by atoms with Crippen LogP contribution in [0.3, 0.4) is 0 Å². The van der Waals surface area contributed by atoms with Crippen molar-refractivity contribution in [2.75, 3.05) is 37.3 Å². The molecule has 0 bridgehead atoms. The van der Waals surface area contributed by atoms with Crippen molar-refractivity contribution in [2.45, 2.75) is 25.8 Å². The number of carbonyl (C=O) groups is 2. The summed E-state index contributed by atoms with van der Waals surface area (Å²) in [5, 5.41) is 8.86. The summed E-state index contributed by atoms with van der Waals surface area (Å²) in [5.74, 6) is -0.161. The van der Waals surface area contributed by atoms with Crippen LogP contribution in [0.15, 0.2) is 24.3 Å². The van der Waals surface area contributed by atoms with Gasteiger partial charge in [0.2, 0.25) is 11.8 Å². The molecule has 1 aliphatic heterocycles. The minimum Gasteiger partial charge on any atom is -0.326 e. The summed E-state index contributed by atoms with van der Waals surface area (Å²) < 4.78 is 0. The SMILES string of the molecule is CNC1CCCN(CC(=O)Nc2cccc(NC(C)=O)c2)C1. The number of hydrogen-bond acceptors (Lipinski definition) is 4. The van der Waals surface area contributed by atoms with Gasteiger partial charge in [-0.15, -0.1) is 0 Å². The number of amides is 2. The van der Waals surface area contributed by atoms with E-state index in [1.165, 1.54) is 6.92 Å². The molecule has 6 heteroatoms. The van der Waals surface area contributed by atoms with Crippen molar-refractivity contribution < 1.29 is 9.59 Å². The summed E-state index contributed by atoms with van der Waals surface area (Å²) in [4.78, 5) is 25.4. The molecule has 1 unspecified atom stereocenters. The highest BCUT2D eigenvalue weighted by molar-refractivity contribution is 5.94. The van der Waals surface area contributed by atoms with E-state index in [1.54, 1.807) is 18.2 Å². The van der Waals surface area contributed by atoms with E-state index in [-0.39, 0.29) is 11.8 Å². The smallest absolute Gasteiger partial charge is 0.238 e. The van der Waals surface area contributed by atoms with Crippen molar-refractivity contribution in [3.8, 4) is 0 Å². The van der Waals surface area contributed by atoms with E-state index < -0.39 is 0 Å². The number of nitrogens with zero attached hydrogens (tertiary/aromatic N) is 1. The van der Waals surface area contributed by atoms with Crippen LogP contribution in [-0.4, -0.2) is 49.4 Å². The van der Waals surface area contributed by atoms with Crippen LogP contribution in [0.2, 0.25) is 0 Å². The molecule has 1 saturated heterocycles. The first-order valence-electron chi connectivity index (χ1n) is 7.64. The Kier molecular flexibility index (Phi) is 5.91. The van der Waals surface area contributed by atoms with Gasteiger partial charge < -0.3 is 16.0 Å². The van der Waals surface area contributed by atoms with Gasteiger partial charge in [0.15, 0.2) is 0 Å². The fourth-order valence-corrected chi connectivity index (χ4v) is 2.72. The Bertz CT molecular complexity index is 533. The molecule has 1 aromatic carbocycles. The van der Waals surface area contributed by atoms with Crippen LogP contribution in [0.5, 0.6) is 0 Å². The lowest BCUT2D eigenvalue weighted by atomic mass is 10.1. The molecule has 0 radical (unpaired) electrons. The molecule has 22 heavy (non-hydrogen) atoms. The molecular weight excluding hydrogens is 280 g/mol. The van der Waals surface area contributed by atoms with E-state index >= 15 is 0 Å². The minimum absolute atomic E-state index is 0.0308. The number of carbonyl (C=O) groups excluding carboxylic acids is 2. The maximum Gasteiger partial charge on any atom is 0.238 e. The summed E-state index contributed by atoms with van der Waals surface area (Å²) in [6.07, 6.45) is 2.27. The number of benzene rings is 1. The molecule has 6 nitrogen and oxygen atoms in total. The van der Waals surface area contributed by atoms with E-state index in [2.05, 4.69) is 20.9 Å². The third-order valence-electron chi connectivity index (χ3n) is 3.75. The fourth-order valence-electron chi connectivity index (χ4n) is 2.72. The zero-order valence-corrected chi connectivity index (χ0v) is 13.2. The van der Waals surface area contributed by atoms with Crippen molar-refractivity contribution in [1.29, 1.82) is 0 Å². The Balaban J connectivity index is 1.87. The number of likely N-dealkylation sites (tertiary alicyclic amines) is 1. The van der Waals surface area contributed by atoms with Gasteiger partial charge in [-0.3, -0.25) is 14.5 Å². The predicted octanol–water partition coefficient (Wildman–Crippen LogP) is 1.27. The zero-order chi connectivity index (χ0) is 15.9. The molecule has 0 spiro atoms. The highest BCUT2D eigenvalue weighted by atomic mass is 16.2. The zero-order valence-electron chi connectivity index (χ0n) is 13.2. The minimum atomic E-state index is -0.130. The second kappa shape index (κ2) is 7.91. The molecule has 0 aromatic heterocycles. The van der Waals surface area contributed by atoms with Crippen molar-refractivity contribution in [1.82, 2.24) is 10.2 Å². The highest BCUT2D eigenvalue weighted by Gasteiger charge is 2.20. The van der Waals surface area contributed by atoms with E-state index in [0.29, 0.717) is 24.0 Å². The Hall–Kier alpha value is -1.92. The lowest BCUT2D eigenvalue weighted by Crippen LogP contribution is -2.46. The normalized spacial score (nSPS) is 18.7. The largest absolute Gasteiger partial charge is 0.326 e. The second-order valence-corrected chi connectivity index (χ2v) is 5.67. The third kappa shape index (κ3) is 5.13. The highest BCUT2D eigenvalue weighted by Crippen LogP contribution is 2.15. The summed E-state index contributed by atoms with van der Waals surface area (Å²) in [6, 6.07) is 7.63. The molecule has 2 rings (SSSR count). The number of likely N-dealkylation sites (N-methyl/N-ethyl adjacent to an activating group) is 1. The summed E-state index contributed by atoms with van der Waals surface area (Å²) in [7, 11) is 1.96. The molecule has 1 atom stereocenters. The quantitative estimate of drug-likeness (QED) is 0.766. The molecule has 1 fully saturated rings. The Morgan fingerprint density at radius 1 is 1.27 bits per heavy atom. The molecule has 0 saturated carbocycles. The van der Waals surface area contributed by atoms with Crippen molar-refractivity contribution in [3.63, 3.8) is 0 Å². The predicted molar refractivity (Wildman–Crippen MR) is 87.9 cm³/mol. The number of rotatable bonds is 5. The van der Waals surface area contributed by atoms with E-state index in [4.69, 9.17) is 0 Å². The average Bonchev–Trinajstić information content (AvgIpc) is 2.47. The topological polar surface area (TPSA) is 73.5 Å². The Morgan fingerprint density at radius 2 is 2.00 bits per heavy atom. The van der Waals surface area contributed by atoms with Gasteiger partial charge in [0.05, 0.1) is 6.54 Å². The first-order chi connectivity index (χ1) is 10.6. The van der Waals surface area contributed by atoms with Crippen molar-refractivity contribution in [2.24, 2.45) is 0 Å². The first-order valence-corrected chi connectivity index (χ1v) is 7.64. The molecular formula is C16H24N4O2. The van der Waals surface area contributed by atoms with Crippen LogP contribution in [0.1, 0.15) is 19.8 Å². The van der Waals surface area contributed by atoms with E-state index in [1.807, 2.05) is 13.1 Å². The van der Waals surface area contributed by atoms with Crippen LogP contribution >= 0.6 is 0 Å². The van der Waals surface area contributed by atoms with Gasteiger partial charge in [-0.05, 0) is 44.6 Å². The van der Waals surface area contributed by atoms with Crippen LogP contribution in [-0.2, 0) is 9.59 Å². The third-order valence-corrected chi connectivity index (χ3v) is 3.75. The van der Waals surface area contributed by atoms with E-state index in [0.717, 1.165) is 25.9 Å². The second-order valence-electron chi connectivity index (χ2n) is 5.67. The molecule has 1 aliphatic rings. The van der Waals surface area contributed by atoms with Crippen LogP contribution in [0.4, 0.5) is 11.4 Å². The summed E-state index contributed by atoms with van der Waals surface area (Å²) in [5.41, 5.74) is 1.37. The van der Waals surface area contributed by atoms with Crippen molar-refractivity contribution >= 4 is 23.2 Å². The van der Waals surface area contributed by atoms with Gasteiger partial charge in [0.1, 0.15) is 0 Å². The van der Waals surface area contributed by atoms with Crippen LogP contribution in [0, 0.1) is 0 Å². The van der Waals surface area contributed by atoms with Gasteiger partial charge in [0.25, 0.3) is 0 Å². The van der Waals surface area contributed by atoms with Gasteiger partial charge in [-0.2, -0.15) is 0 Å². The van der Waals surface area contributed by atoms with Gasteiger partial charge in [-0.25, -0.2) is 0 Å². The summed E-state index contributed by atoms with van der Waals surface area (Å²) in [6.45, 7) is 3.70. The lowest BCUT2D eigenvalue weighted by molar-refractivity contribution is -0.117.